The van der Waals surface area contributed by atoms with Crippen LogP contribution >= 0.6 is 0 Å². The molecule has 0 saturated heterocycles. The largest absolute Gasteiger partial charge is 0.0676 e. The molecule has 0 unspecified atom stereocenters. The third-order valence-electron chi connectivity index (χ3n) is 9.94. The summed E-state index contributed by atoms with van der Waals surface area (Å²) in [7, 11) is 0. The van der Waals surface area contributed by atoms with Crippen molar-refractivity contribution >= 4 is 0 Å². The predicted molar refractivity (Wildman–Crippen MR) is 89.7 cm³/mol. The first-order chi connectivity index (χ1) is 8.57. The number of rotatable bonds is 0. The van der Waals surface area contributed by atoms with Gasteiger partial charge in [0.1, 0.15) is 0 Å². The second-order valence-electron chi connectivity index (χ2n) is 10.0. The lowest BCUT2D eigenvalue weighted by molar-refractivity contribution is -0.360. The van der Waals surface area contributed by atoms with Gasteiger partial charge in [-0.05, 0) is 46.3 Å². The van der Waals surface area contributed by atoms with Crippen molar-refractivity contribution in [2.45, 2.75) is 83.1 Å². The molecule has 0 atom stereocenters. The van der Waals surface area contributed by atoms with Gasteiger partial charge >= 0.3 is 0 Å². The van der Waals surface area contributed by atoms with Gasteiger partial charge in [0.2, 0.25) is 0 Å². The maximum atomic E-state index is 2.55. The van der Waals surface area contributed by atoms with E-state index in [-0.39, 0.29) is 10.8 Å². The zero-order valence-corrected chi connectivity index (χ0v) is 16.0. The van der Waals surface area contributed by atoms with E-state index >= 15 is 0 Å². The van der Waals surface area contributed by atoms with Gasteiger partial charge in [-0.1, -0.05) is 80.4 Å². The van der Waals surface area contributed by atoms with Crippen LogP contribution in [0.15, 0.2) is 11.1 Å². The lowest BCUT2D eigenvalue weighted by Gasteiger charge is -2.84. The SMILES string of the molecule is CC1=C(C)C(C)(C)C2(C)C(C)(C)C(C)(C1(C)C)C2(C)C. The summed E-state index contributed by atoms with van der Waals surface area (Å²) in [5.74, 6) is 0. The fraction of sp³-hybridized carbons (Fsp3) is 0.900. The summed E-state index contributed by atoms with van der Waals surface area (Å²) in [5.41, 5.74) is 4.95. The Morgan fingerprint density at radius 3 is 0.850 bits per heavy atom. The summed E-state index contributed by atoms with van der Waals surface area (Å²) in [5, 5.41) is 0. The van der Waals surface area contributed by atoms with Crippen LogP contribution in [-0.2, 0) is 0 Å². The molecule has 3 aliphatic rings. The Balaban J connectivity index is 2.97. The molecule has 0 amide bonds. The molecule has 0 aromatic heterocycles. The van der Waals surface area contributed by atoms with Gasteiger partial charge in [0.25, 0.3) is 0 Å². The number of hydrogen-bond donors (Lipinski definition) is 0. The zero-order chi connectivity index (χ0) is 16.2. The molecule has 116 valence electrons. The van der Waals surface area contributed by atoms with Gasteiger partial charge in [-0.15, -0.1) is 0 Å². The number of fused-ring (bicyclic) bond motifs is 2. The van der Waals surface area contributed by atoms with Crippen molar-refractivity contribution in [3.63, 3.8) is 0 Å². The fourth-order valence-electron chi connectivity index (χ4n) is 7.31. The Morgan fingerprint density at radius 1 is 0.450 bits per heavy atom. The summed E-state index contributed by atoms with van der Waals surface area (Å²) in [6, 6.07) is 0. The van der Waals surface area contributed by atoms with Crippen LogP contribution in [0.25, 0.3) is 0 Å². The molecule has 0 radical (unpaired) electrons. The third kappa shape index (κ3) is 1.02. The van der Waals surface area contributed by atoms with E-state index in [4.69, 9.17) is 0 Å². The Kier molecular flexibility index (Phi) is 2.73. The minimum absolute atomic E-state index is 0.233. The molecular formula is C20H36. The van der Waals surface area contributed by atoms with Crippen LogP contribution < -0.4 is 0 Å². The van der Waals surface area contributed by atoms with Crippen LogP contribution in [0.1, 0.15) is 83.1 Å². The van der Waals surface area contributed by atoms with Crippen LogP contribution in [-0.4, -0.2) is 0 Å². The molecule has 2 bridgehead atoms. The number of hydrogen-bond acceptors (Lipinski definition) is 0. The monoisotopic (exact) mass is 276 g/mol. The second kappa shape index (κ2) is 3.39. The van der Waals surface area contributed by atoms with Gasteiger partial charge in [-0.25, -0.2) is 0 Å². The van der Waals surface area contributed by atoms with E-state index in [2.05, 4.69) is 83.1 Å². The normalized spacial score (nSPS) is 43.8. The van der Waals surface area contributed by atoms with E-state index in [1.54, 1.807) is 11.1 Å². The summed E-state index contributed by atoms with van der Waals surface area (Å²) in [6.07, 6.45) is 0. The van der Waals surface area contributed by atoms with Gasteiger partial charge in [0.05, 0.1) is 0 Å². The highest BCUT2D eigenvalue weighted by atomic mass is 14.9. The van der Waals surface area contributed by atoms with Crippen molar-refractivity contribution in [3.8, 4) is 0 Å². The molecule has 0 aromatic carbocycles. The molecule has 0 nitrogen and oxygen atoms in total. The van der Waals surface area contributed by atoms with Crippen LogP contribution in [0, 0.1) is 32.5 Å². The molecular weight excluding hydrogens is 240 g/mol. The molecule has 0 spiro atoms. The van der Waals surface area contributed by atoms with Crippen LogP contribution in [0.2, 0.25) is 0 Å². The summed E-state index contributed by atoms with van der Waals surface area (Å²) in [6.45, 7) is 29.9. The van der Waals surface area contributed by atoms with Crippen molar-refractivity contribution in [3.05, 3.63) is 11.1 Å². The average Bonchev–Trinajstić information content (AvgIpc) is 2.34. The quantitative estimate of drug-likeness (QED) is 0.445. The summed E-state index contributed by atoms with van der Waals surface area (Å²) < 4.78 is 0. The minimum atomic E-state index is 0.233. The Labute approximate surface area is 127 Å². The molecule has 1 saturated carbocycles. The highest BCUT2D eigenvalue weighted by Gasteiger charge is 2.83. The fourth-order valence-corrected chi connectivity index (χ4v) is 7.31. The van der Waals surface area contributed by atoms with Crippen molar-refractivity contribution in [1.29, 1.82) is 0 Å². The van der Waals surface area contributed by atoms with E-state index in [0.717, 1.165) is 0 Å². The van der Waals surface area contributed by atoms with Crippen LogP contribution in [0.3, 0.4) is 0 Å². The first kappa shape index (κ1) is 16.1. The van der Waals surface area contributed by atoms with Crippen molar-refractivity contribution in [2.75, 3.05) is 0 Å². The van der Waals surface area contributed by atoms with Crippen molar-refractivity contribution in [2.24, 2.45) is 32.5 Å². The van der Waals surface area contributed by atoms with E-state index in [1.807, 2.05) is 0 Å². The van der Waals surface area contributed by atoms with Gasteiger partial charge in [-0.2, -0.15) is 0 Å². The molecule has 20 heavy (non-hydrogen) atoms. The van der Waals surface area contributed by atoms with Crippen LogP contribution in [0.5, 0.6) is 0 Å². The van der Waals surface area contributed by atoms with Crippen LogP contribution in [0.4, 0.5) is 0 Å². The highest BCUT2D eigenvalue weighted by molar-refractivity contribution is 5.43. The van der Waals surface area contributed by atoms with Gasteiger partial charge in [0.15, 0.2) is 0 Å². The van der Waals surface area contributed by atoms with Gasteiger partial charge in [0, 0.05) is 0 Å². The molecule has 0 aromatic rings. The Hall–Kier alpha value is -0.260. The molecule has 0 heterocycles. The van der Waals surface area contributed by atoms with Crippen molar-refractivity contribution < 1.29 is 0 Å². The van der Waals surface area contributed by atoms with E-state index in [9.17, 15) is 0 Å². The lowest BCUT2D eigenvalue weighted by Crippen LogP contribution is -2.79. The Bertz CT molecular complexity index is 436. The zero-order valence-electron chi connectivity index (χ0n) is 16.0. The maximum absolute atomic E-state index is 2.55. The standard InChI is InChI=1S/C20H36/c1-13-14(2)16(5,6)20(12)17(7,8)19(11,15(13,3)4)18(20,9)10/h1-12H3. The number of allylic oxidation sites excluding steroid dienone is 2. The van der Waals surface area contributed by atoms with Gasteiger partial charge in [-0.3, -0.25) is 0 Å². The molecule has 3 aliphatic carbocycles. The first-order valence-corrected chi connectivity index (χ1v) is 8.25. The smallest absolute Gasteiger partial charge is 0.00803 e. The summed E-state index contributed by atoms with van der Waals surface area (Å²) >= 11 is 0. The predicted octanol–water partition coefficient (Wildman–Crippen LogP) is 6.47. The molecule has 3 rings (SSSR count). The Morgan fingerprint density at radius 2 is 0.650 bits per heavy atom. The average molecular weight is 277 g/mol. The van der Waals surface area contributed by atoms with Gasteiger partial charge < -0.3 is 0 Å². The van der Waals surface area contributed by atoms with E-state index in [0.29, 0.717) is 21.7 Å². The van der Waals surface area contributed by atoms with E-state index in [1.165, 1.54) is 0 Å². The lowest BCUT2D eigenvalue weighted by atomic mass is 9.20. The third-order valence-corrected chi connectivity index (χ3v) is 9.94. The van der Waals surface area contributed by atoms with Crippen molar-refractivity contribution in [1.82, 2.24) is 0 Å². The van der Waals surface area contributed by atoms with E-state index < -0.39 is 0 Å². The molecule has 1 fully saturated rings. The maximum Gasteiger partial charge on any atom is -0.00803 e. The second-order valence-corrected chi connectivity index (χ2v) is 10.0. The minimum Gasteiger partial charge on any atom is -0.0676 e. The summed E-state index contributed by atoms with van der Waals surface area (Å²) in [4.78, 5) is 0. The topological polar surface area (TPSA) is 0 Å². The molecule has 0 heteroatoms. The first-order valence-electron chi connectivity index (χ1n) is 8.25. The molecule has 0 aliphatic heterocycles. The molecule has 0 N–H and O–H groups in total. The highest BCUT2D eigenvalue weighted by Crippen LogP contribution is 2.89.